The molecule has 0 saturated carbocycles. The molecule has 152 valence electrons. The average Bonchev–Trinajstić information content (AvgIpc) is 3.26. The molecule has 1 amide bonds. The van der Waals surface area contributed by atoms with E-state index in [0.717, 1.165) is 49.7 Å². The maximum absolute atomic E-state index is 11.6. The maximum Gasteiger partial charge on any atom is 0.427 e. The van der Waals surface area contributed by atoms with Gasteiger partial charge in [0, 0.05) is 11.6 Å². The van der Waals surface area contributed by atoms with Crippen LogP contribution in [0.5, 0.6) is 0 Å². The van der Waals surface area contributed by atoms with Crippen LogP contribution in [0.1, 0.15) is 50.2 Å². The number of aryl methyl sites for hydroxylation is 1. The van der Waals surface area contributed by atoms with E-state index in [0.29, 0.717) is 6.61 Å². The number of carboxylic acids is 1. The van der Waals surface area contributed by atoms with Crippen molar-refractivity contribution in [2.45, 2.75) is 64.1 Å². The first-order chi connectivity index (χ1) is 13.5. The van der Waals surface area contributed by atoms with Crippen molar-refractivity contribution >= 4 is 18.3 Å². The standard InChI is InChI=1S/C21H28N2O5/c1-2-10-27-20(26)23-22-14-21(13-17-6-7-18(21)28-17)9-8-15-4-3-5-16(11-15)12-19(24)25/h3-5,11,14,17-18H,2,6-10,12-13H2,1H3,(H,23,26)(H,24,25)/b22-14+. The Labute approximate surface area is 165 Å². The lowest BCUT2D eigenvalue weighted by molar-refractivity contribution is -0.136. The fourth-order valence-electron chi connectivity index (χ4n) is 4.18. The number of carboxylic acid groups (broad SMARTS) is 1. The number of carbonyl (C=O) groups is 2. The zero-order valence-electron chi connectivity index (χ0n) is 16.2. The molecule has 28 heavy (non-hydrogen) atoms. The number of hydrogen-bond donors (Lipinski definition) is 2. The third kappa shape index (κ3) is 5.10. The molecule has 1 aromatic carbocycles. The topological polar surface area (TPSA) is 97.2 Å². The SMILES string of the molecule is CCCOC(=O)N/N=C/C1(CCc2cccc(CC(=O)O)c2)CC2CCC1O2. The van der Waals surface area contributed by atoms with Crippen molar-refractivity contribution in [3.05, 3.63) is 35.4 Å². The molecule has 2 bridgehead atoms. The fraction of sp³-hybridized carbons (Fsp3) is 0.571. The van der Waals surface area contributed by atoms with Gasteiger partial charge in [-0.2, -0.15) is 5.10 Å². The summed E-state index contributed by atoms with van der Waals surface area (Å²) in [6.45, 7) is 2.30. The summed E-state index contributed by atoms with van der Waals surface area (Å²) in [5.41, 5.74) is 4.13. The second-order valence-electron chi connectivity index (χ2n) is 7.66. The number of amides is 1. The summed E-state index contributed by atoms with van der Waals surface area (Å²) in [5.74, 6) is -0.830. The van der Waals surface area contributed by atoms with E-state index in [1.165, 1.54) is 0 Å². The molecule has 2 N–H and O–H groups in total. The monoisotopic (exact) mass is 388 g/mol. The minimum Gasteiger partial charge on any atom is -0.481 e. The van der Waals surface area contributed by atoms with Crippen molar-refractivity contribution < 1.29 is 24.2 Å². The summed E-state index contributed by atoms with van der Waals surface area (Å²) in [6, 6.07) is 7.70. The van der Waals surface area contributed by atoms with Gasteiger partial charge in [-0.05, 0) is 49.7 Å². The Hall–Kier alpha value is -2.41. The fourth-order valence-corrected chi connectivity index (χ4v) is 4.18. The number of benzene rings is 1. The Morgan fingerprint density at radius 2 is 2.21 bits per heavy atom. The van der Waals surface area contributed by atoms with Crippen LogP contribution in [0, 0.1) is 5.41 Å². The van der Waals surface area contributed by atoms with E-state index in [1.807, 2.05) is 37.4 Å². The number of ether oxygens (including phenoxy) is 2. The van der Waals surface area contributed by atoms with E-state index in [-0.39, 0.29) is 24.0 Å². The van der Waals surface area contributed by atoms with Crippen LogP contribution < -0.4 is 5.43 Å². The van der Waals surface area contributed by atoms with Gasteiger partial charge in [-0.15, -0.1) is 0 Å². The molecule has 7 nitrogen and oxygen atoms in total. The quantitative estimate of drug-likeness (QED) is 0.500. The highest BCUT2D eigenvalue weighted by atomic mass is 16.6. The highest BCUT2D eigenvalue weighted by Gasteiger charge is 2.51. The summed E-state index contributed by atoms with van der Waals surface area (Å²) in [5, 5.41) is 13.1. The van der Waals surface area contributed by atoms with E-state index < -0.39 is 12.1 Å². The molecule has 0 aromatic heterocycles. The number of carbonyl (C=O) groups excluding carboxylic acids is 1. The van der Waals surface area contributed by atoms with Crippen LogP contribution in [0.4, 0.5) is 4.79 Å². The van der Waals surface area contributed by atoms with Crippen LogP contribution in [-0.4, -0.2) is 42.2 Å². The molecule has 7 heteroatoms. The molecule has 0 aliphatic carbocycles. The minimum absolute atomic E-state index is 0.0258. The normalized spacial score (nSPS) is 25.9. The van der Waals surface area contributed by atoms with Gasteiger partial charge < -0.3 is 14.6 Å². The number of nitrogens with one attached hydrogen (secondary N) is 1. The molecule has 2 aliphatic rings. The molecule has 0 radical (unpaired) electrons. The van der Waals surface area contributed by atoms with Crippen molar-refractivity contribution in [1.82, 2.24) is 5.43 Å². The van der Waals surface area contributed by atoms with Gasteiger partial charge in [0.2, 0.25) is 0 Å². The summed E-state index contributed by atoms with van der Waals surface area (Å²) in [6.07, 6.45) is 7.02. The van der Waals surface area contributed by atoms with Crippen LogP contribution in [-0.2, 0) is 27.1 Å². The lowest BCUT2D eigenvalue weighted by Crippen LogP contribution is -2.35. The highest BCUT2D eigenvalue weighted by molar-refractivity contribution is 5.72. The smallest absolute Gasteiger partial charge is 0.427 e. The molecule has 2 aliphatic heterocycles. The van der Waals surface area contributed by atoms with Gasteiger partial charge in [0.25, 0.3) is 0 Å². The number of fused-ring (bicyclic) bond motifs is 2. The van der Waals surface area contributed by atoms with Crippen molar-refractivity contribution in [2.75, 3.05) is 6.61 Å². The Kier molecular flexibility index (Phi) is 6.67. The van der Waals surface area contributed by atoms with Gasteiger partial charge in [-0.1, -0.05) is 31.2 Å². The second kappa shape index (κ2) is 9.19. The predicted molar refractivity (Wildman–Crippen MR) is 104 cm³/mol. The Balaban J connectivity index is 1.64. The van der Waals surface area contributed by atoms with Gasteiger partial charge in [-0.3, -0.25) is 4.79 Å². The zero-order valence-corrected chi connectivity index (χ0v) is 16.2. The molecular formula is C21H28N2O5. The number of nitrogens with zero attached hydrogens (tertiary/aromatic N) is 1. The largest absolute Gasteiger partial charge is 0.481 e. The van der Waals surface area contributed by atoms with E-state index in [1.54, 1.807) is 0 Å². The lowest BCUT2D eigenvalue weighted by Gasteiger charge is -2.31. The van der Waals surface area contributed by atoms with Crippen molar-refractivity contribution in [2.24, 2.45) is 10.5 Å². The molecule has 0 spiro atoms. The van der Waals surface area contributed by atoms with Crippen molar-refractivity contribution in [3.8, 4) is 0 Å². The first kappa shape index (κ1) is 20.3. The van der Waals surface area contributed by atoms with Gasteiger partial charge in [0.05, 0.1) is 25.2 Å². The van der Waals surface area contributed by atoms with E-state index in [2.05, 4.69) is 10.5 Å². The predicted octanol–water partition coefficient (Wildman–Crippen LogP) is 3.31. The van der Waals surface area contributed by atoms with Crippen LogP contribution in [0.2, 0.25) is 0 Å². The van der Waals surface area contributed by atoms with Crippen LogP contribution in [0.3, 0.4) is 0 Å². The number of rotatable bonds is 9. The Bertz CT molecular complexity index is 735. The second-order valence-corrected chi connectivity index (χ2v) is 7.66. The van der Waals surface area contributed by atoms with Gasteiger partial charge in [-0.25, -0.2) is 10.2 Å². The van der Waals surface area contributed by atoms with Crippen molar-refractivity contribution in [3.63, 3.8) is 0 Å². The molecule has 3 atom stereocenters. The van der Waals surface area contributed by atoms with Crippen LogP contribution in [0.15, 0.2) is 29.4 Å². The third-order valence-electron chi connectivity index (χ3n) is 5.50. The summed E-state index contributed by atoms with van der Waals surface area (Å²) in [7, 11) is 0. The summed E-state index contributed by atoms with van der Waals surface area (Å²) in [4.78, 5) is 22.6. The van der Waals surface area contributed by atoms with E-state index >= 15 is 0 Å². The summed E-state index contributed by atoms with van der Waals surface area (Å²) < 4.78 is 11.0. The molecule has 1 aromatic rings. The number of hydrazone groups is 1. The number of aliphatic carboxylic acids is 1. The first-order valence-corrected chi connectivity index (χ1v) is 9.93. The lowest BCUT2D eigenvalue weighted by atomic mass is 9.71. The average molecular weight is 388 g/mol. The van der Waals surface area contributed by atoms with Gasteiger partial charge in [0.15, 0.2) is 0 Å². The minimum atomic E-state index is -0.830. The first-order valence-electron chi connectivity index (χ1n) is 9.93. The number of hydrogen-bond acceptors (Lipinski definition) is 5. The zero-order chi connectivity index (χ0) is 20.0. The van der Waals surface area contributed by atoms with Crippen LogP contribution >= 0.6 is 0 Å². The van der Waals surface area contributed by atoms with Gasteiger partial charge in [0.1, 0.15) is 0 Å². The van der Waals surface area contributed by atoms with Crippen molar-refractivity contribution in [1.29, 1.82) is 0 Å². The third-order valence-corrected chi connectivity index (χ3v) is 5.50. The Morgan fingerprint density at radius 3 is 2.89 bits per heavy atom. The van der Waals surface area contributed by atoms with Gasteiger partial charge >= 0.3 is 12.1 Å². The van der Waals surface area contributed by atoms with E-state index in [4.69, 9.17) is 14.6 Å². The molecule has 2 fully saturated rings. The Morgan fingerprint density at radius 1 is 1.39 bits per heavy atom. The summed E-state index contributed by atoms with van der Waals surface area (Å²) >= 11 is 0. The molecule has 2 heterocycles. The van der Waals surface area contributed by atoms with Crippen LogP contribution in [0.25, 0.3) is 0 Å². The maximum atomic E-state index is 11.6. The molecule has 3 unspecified atom stereocenters. The van der Waals surface area contributed by atoms with E-state index in [9.17, 15) is 9.59 Å². The highest BCUT2D eigenvalue weighted by Crippen LogP contribution is 2.49. The molecule has 3 rings (SSSR count). The molecule has 2 saturated heterocycles. The molecular weight excluding hydrogens is 360 g/mol.